The Morgan fingerprint density at radius 1 is 0.326 bits per heavy atom. The zero-order valence-corrected chi connectivity index (χ0v) is 25.0. The molecule has 0 saturated carbocycles. The molecule has 11 rings (SSSR count). The van der Waals surface area contributed by atoms with Crippen LogP contribution in [0, 0.1) is 0 Å². The molecule has 210 valence electrons. The lowest BCUT2D eigenvalue weighted by Gasteiger charge is -2.32. The molecule has 0 radical (unpaired) electrons. The van der Waals surface area contributed by atoms with Crippen molar-refractivity contribution in [1.82, 2.24) is 4.48 Å². The average molecular weight is 580 g/mol. The summed E-state index contributed by atoms with van der Waals surface area (Å²) in [4.78, 5) is 0. The smallest absolute Gasteiger partial charge is 0.329 e. The zero-order chi connectivity index (χ0) is 29.9. The predicted molar refractivity (Wildman–Crippen MR) is 197 cm³/mol. The van der Waals surface area contributed by atoms with Crippen LogP contribution >= 0.6 is 0 Å². The van der Waals surface area contributed by atoms with Crippen LogP contribution in [0.3, 0.4) is 0 Å². The first-order valence-electron chi connectivity index (χ1n) is 16.1. The molecule has 0 fully saturated rings. The minimum absolute atomic E-state index is 0.144. The van der Waals surface area contributed by atoms with Crippen molar-refractivity contribution < 1.29 is 0 Å². The monoisotopic (exact) mass is 579 g/mol. The molecule has 1 aromatic heterocycles. The van der Waals surface area contributed by atoms with Gasteiger partial charge in [0.2, 0.25) is 0 Å². The zero-order valence-electron chi connectivity index (χ0n) is 25.0. The maximum absolute atomic E-state index is 2.66. The minimum atomic E-state index is 0.144. The van der Waals surface area contributed by atoms with Gasteiger partial charge in [0, 0.05) is 32.9 Å². The Kier molecular flexibility index (Phi) is 4.72. The van der Waals surface area contributed by atoms with E-state index in [1.165, 1.54) is 98.8 Å². The van der Waals surface area contributed by atoms with Gasteiger partial charge >= 0.3 is 6.85 Å². The summed E-state index contributed by atoms with van der Waals surface area (Å²) in [5.74, 6) is 0. The first-order valence-corrected chi connectivity index (χ1v) is 16.1. The number of hydrogen-bond donors (Lipinski definition) is 0. The fourth-order valence-electron chi connectivity index (χ4n) is 8.46. The molecule has 0 atom stereocenters. The quantitative estimate of drug-likeness (QED) is 0.180. The van der Waals surface area contributed by atoms with Gasteiger partial charge in [0.05, 0.1) is 0 Å². The second kappa shape index (κ2) is 8.87. The fourth-order valence-corrected chi connectivity index (χ4v) is 8.46. The first-order chi connectivity index (χ1) is 22.8. The molecular weight excluding hydrogens is 553 g/mol. The van der Waals surface area contributed by atoms with E-state index in [0.29, 0.717) is 0 Å². The van der Waals surface area contributed by atoms with Crippen LogP contribution < -0.4 is 10.9 Å². The van der Waals surface area contributed by atoms with Gasteiger partial charge in [-0.2, -0.15) is 0 Å². The largest absolute Gasteiger partial charge is 0.375 e. The molecule has 0 unspecified atom stereocenters. The highest BCUT2D eigenvalue weighted by atomic mass is 14.9. The van der Waals surface area contributed by atoms with Gasteiger partial charge in [-0.1, -0.05) is 121 Å². The second-order valence-electron chi connectivity index (χ2n) is 12.9. The van der Waals surface area contributed by atoms with Crippen LogP contribution in [0.5, 0.6) is 0 Å². The standard InChI is InChI=1S/C44H26BN/c1-3-11-29-21-31(19-17-27(29)9-1)33-23-37-35-13-5-7-15-41(35)45-42-16-8-6-14-36(42)38-24-34(26-40-39(25-33)43(37)46(45)44(38)40)32-20-18-28-10-2-4-12-30(28)22-32/h1-26H. The average Bonchev–Trinajstić information content (AvgIpc) is 3.46. The molecule has 8 aromatic carbocycles. The van der Waals surface area contributed by atoms with E-state index in [0.717, 1.165) is 0 Å². The molecule has 1 nitrogen and oxygen atoms in total. The fraction of sp³-hybridized carbons (Fsp3) is 0. The van der Waals surface area contributed by atoms with E-state index in [9.17, 15) is 0 Å². The predicted octanol–water partition coefficient (Wildman–Crippen LogP) is 10.0. The Hall–Kier alpha value is -5.86. The molecule has 2 aliphatic heterocycles. The summed E-state index contributed by atoms with van der Waals surface area (Å²) in [7, 11) is 0. The summed E-state index contributed by atoms with van der Waals surface area (Å²) in [6.45, 7) is 0.144. The van der Waals surface area contributed by atoms with Crippen molar-refractivity contribution in [1.29, 1.82) is 0 Å². The van der Waals surface area contributed by atoms with Crippen LogP contribution in [0.1, 0.15) is 0 Å². The third-order valence-corrected chi connectivity index (χ3v) is 10.5. The van der Waals surface area contributed by atoms with Crippen LogP contribution in [0.4, 0.5) is 0 Å². The summed E-state index contributed by atoms with van der Waals surface area (Å²) in [6, 6.07) is 59.0. The third kappa shape index (κ3) is 3.21. The Morgan fingerprint density at radius 3 is 1.26 bits per heavy atom. The van der Waals surface area contributed by atoms with Gasteiger partial charge in [-0.15, -0.1) is 0 Å². The van der Waals surface area contributed by atoms with Crippen LogP contribution in [0.15, 0.2) is 158 Å². The summed E-state index contributed by atoms with van der Waals surface area (Å²) in [5, 5.41) is 7.73. The topological polar surface area (TPSA) is 4.93 Å². The minimum Gasteiger partial charge on any atom is -0.375 e. The number of nitrogens with zero attached hydrogens (tertiary/aromatic N) is 1. The van der Waals surface area contributed by atoms with Crippen molar-refractivity contribution in [3.05, 3.63) is 158 Å². The Bertz CT molecular complexity index is 2580. The number of fused-ring (bicyclic) bond motifs is 9. The molecule has 3 heterocycles. The van der Waals surface area contributed by atoms with Crippen molar-refractivity contribution in [2.45, 2.75) is 0 Å². The molecule has 0 bridgehead atoms. The molecule has 0 N–H and O–H groups in total. The van der Waals surface area contributed by atoms with Gasteiger partial charge in [0.1, 0.15) is 0 Å². The first kappa shape index (κ1) is 24.5. The van der Waals surface area contributed by atoms with Gasteiger partial charge in [-0.25, -0.2) is 0 Å². The lowest BCUT2D eigenvalue weighted by atomic mass is 9.45. The van der Waals surface area contributed by atoms with Gasteiger partial charge < -0.3 is 4.48 Å². The summed E-state index contributed by atoms with van der Waals surface area (Å²) in [6.07, 6.45) is 0. The van der Waals surface area contributed by atoms with Crippen LogP contribution in [-0.4, -0.2) is 11.3 Å². The highest BCUT2D eigenvalue weighted by Gasteiger charge is 2.39. The Balaban J connectivity index is 1.29. The van der Waals surface area contributed by atoms with E-state index in [1.54, 1.807) is 0 Å². The van der Waals surface area contributed by atoms with E-state index in [-0.39, 0.29) is 6.85 Å². The molecule has 46 heavy (non-hydrogen) atoms. The number of aromatic nitrogens is 1. The van der Waals surface area contributed by atoms with Crippen LogP contribution in [0.2, 0.25) is 0 Å². The number of hydrogen-bond acceptors (Lipinski definition) is 0. The Morgan fingerprint density at radius 2 is 0.761 bits per heavy atom. The molecule has 2 heteroatoms. The molecule has 0 aliphatic carbocycles. The Labute approximate surface area is 267 Å². The van der Waals surface area contributed by atoms with Gasteiger partial charge in [-0.05, 0) is 102 Å². The third-order valence-electron chi connectivity index (χ3n) is 10.5. The lowest BCUT2D eigenvalue weighted by Crippen LogP contribution is -2.53. The van der Waals surface area contributed by atoms with E-state index in [1.807, 2.05) is 0 Å². The molecule has 2 aliphatic rings. The van der Waals surface area contributed by atoms with Crippen molar-refractivity contribution in [2.24, 2.45) is 0 Å². The lowest BCUT2D eigenvalue weighted by molar-refractivity contribution is 1.31. The molecule has 9 aromatic rings. The maximum atomic E-state index is 2.66. The van der Waals surface area contributed by atoms with Crippen molar-refractivity contribution in [2.75, 3.05) is 0 Å². The maximum Gasteiger partial charge on any atom is 0.329 e. The van der Waals surface area contributed by atoms with E-state index in [2.05, 4.69) is 162 Å². The normalized spacial score (nSPS) is 12.7. The number of benzene rings is 8. The van der Waals surface area contributed by atoms with E-state index < -0.39 is 0 Å². The van der Waals surface area contributed by atoms with Gasteiger partial charge in [0.25, 0.3) is 0 Å². The molecule has 0 spiro atoms. The summed E-state index contributed by atoms with van der Waals surface area (Å²) in [5.41, 5.74) is 15.8. The molecule has 0 saturated heterocycles. The van der Waals surface area contributed by atoms with Crippen molar-refractivity contribution in [3.63, 3.8) is 0 Å². The molecular formula is C44H26BN. The second-order valence-corrected chi connectivity index (χ2v) is 12.9. The van der Waals surface area contributed by atoms with Crippen LogP contribution in [0.25, 0.3) is 87.9 Å². The highest BCUT2D eigenvalue weighted by molar-refractivity contribution is 6.88. The van der Waals surface area contributed by atoms with E-state index in [4.69, 9.17) is 0 Å². The van der Waals surface area contributed by atoms with Gasteiger partial charge in [0.15, 0.2) is 0 Å². The van der Waals surface area contributed by atoms with Crippen LogP contribution in [-0.2, 0) is 0 Å². The summed E-state index contributed by atoms with van der Waals surface area (Å²) < 4.78 is 2.66. The highest BCUT2D eigenvalue weighted by Crippen LogP contribution is 2.47. The van der Waals surface area contributed by atoms with Crippen molar-refractivity contribution >= 4 is 61.1 Å². The number of rotatable bonds is 2. The van der Waals surface area contributed by atoms with E-state index >= 15 is 0 Å². The summed E-state index contributed by atoms with van der Waals surface area (Å²) >= 11 is 0. The molecule has 0 amide bonds. The SMILES string of the molecule is c1ccc2c(c1)B1c3ccccc3-c3cc(-c4ccc5ccccc5c4)cc4c5cc(-c6ccc7ccccc7c6)cc-2c5n1c34. The van der Waals surface area contributed by atoms with Crippen molar-refractivity contribution in [3.8, 4) is 44.5 Å². The van der Waals surface area contributed by atoms with Gasteiger partial charge in [-0.3, -0.25) is 0 Å².